The number of ketones is 1. The molecule has 0 bridgehead atoms. The van der Waals surface area contributed by atoms with Crippen LogP contribution < -0.4 is 4.74 Å². The Labute approximate surface area is 141 Å². The molecule has 0 radical (unpaired) electrons. The molecule has 1 aliphatic heterocycles. The van der Waals surface area contributed by atoms with Gasteiger partial charge >= 0.3 is 0 Å². The van der Waals surface area contributed by atoms with Crippen LogP contribution in [0, 0.1) is 0 Å². The number of halogens is 1. The Balaban J connectivity index is 1.97. The number of Topliss-reactive ketones (excluding diaryl/α,β-unsaturated/α-hetero) is 1. The molecule has 2 aliphatic rings. The quantitative estimate of drug-likeness (QED) is 0.804. The maximum Gasteiger partial charge on any atom is 0.276 e. The fraction of sp³-hybridized carbons (Fsp3) is 0.278. The van der Waals surface area contributed by atoms with Crippen molar-refractivity contribution >= 4 is 21.7 Å². The smallest absolute Gasteiger partial charge is 0.276 e. The van der Waals surface area contributed by atoms with Crippen molar-refractivity contribution in [2.75, 3.05) is 0 Å². The van der Waals surface area contributed by atoms with Crippen LogP contribution in [0.3, 0.4) is 0 Å². The zero-order chi connectivity index (χ0) is 16.6. The van der Waals surface area contributed by atoms with Crippen LogP contribution in [0.1, 0.15) is 46.8 Å². The highest BCUT2D eigenvalue weighted by atomic mass is 79.9. The van der Waals surface area contributed by atoms with E-state index in [0.717, 1.165) is 5.56 Å². The summed E-state index contributed by atoms with van der Waals surface area (Å²) in [6, 6.07) is 10.2. The molecule has 4 rings (SSSR count). The number of rotatable bonds is 1. The third-order valence-corrected chi connectivity index (χ3v) is 5.22. The molecule has 2 aromatic carbocycles. The number of hydrogen-bond donors (Lipinski definition) is 2. The van der Waals surface area contributed by atoms with Crippen molar-refractivity contribution in [1.29, 1.82) is 0 Å². The fourth-order valence-corrected chi connectivity index (χ4v) is 3.77. The number of carbonyl (C=O) groups excluding carboxylic acids is 1. The van der Waals surface area contributed by atoms with Gasteiger partial charge in [-0.05, 0) is 35.7 Å². The van der Waals surface area contributed by atoms with Gasteiger partial charge in [0, 0.05) is 21.2 Å². The van der Waals surface area contributed by atoms with Crippen molar-refractivity contribution in [3.8, 4) is 5.75 Å². The summed E-state index contributed by atoms with van der Waals surface area (Å²) < 4.78 is 6.43. The minimum atomic E-state index is -2.11. The third kappa shape index (κ3) is 1.65. The molecule has 118 valence electrons. The Hall–Kier alpha value is -1.69. The molecule has 4 nitrogen and oxygen atoms in total. The van der Waals surface area contributed by atoms with E-state index >= 15 is 0 Å². The number of fused-ring (bicyclic) bond motifs is 5. The molecule has 0 amide bonds. The van der Waals surface area contributed by atoms with Crippen LogP contribution >= 0.6 is 15.9 Å². The lowest BCUT2D eigenvalue weighted by molar-refractivity contribution is -0.224. The maximum absolute atomic E-state index is 12.8. The molecule has 0 aromatic heterocycles. The van der Waals surface area contributed by atoms with E-state index in [1.807, 2.05) is 19.9 Å². The second-order valence-electron chi connectivity index (χ2n) is 6.39. The van der Waals surface area contributed by atoms with Gasteiger partial charge in [0.05, 0.1) is 0 Å². The molecule has 1 aliphatic carbocycles. The van der Waals surface area contributed by atoms with Gasteiger partial charge in [0.25, 0.3) is 5.79 Å². The molecule has 5 heteroatoms. The second-order valence-corrected chi connectivity index (χ2v) is 7.30. The Morgan fingerprint density at radius 1 is 1.09 bits per heavy atom. The monoisotopic (exact) mass is 374 g/mol. The lowest BCUT2D eigenvalue weighted by Gasteiger charge is -2.28. The number of ether oxygens (including phenoxy) is 1. The minimum absolute atomic E-state index is 0.269. The lowest BCUT2D eigenvalue weighted by atomic mass is 9.86. The molecular formula is C18H15BrO4. The average molecular weight is 375 g/mol. The van der Waals surface area contributed by atoms with Crippen molar-refractivity contribution in [3.05, 3.63) is 63.1 Å². The van der Waals surface area contributed by atoms with Gasteiger partial charge in [-0.25, -0.2) is 0 Å². The van der Waals surface area contributed by atoms with E-state index < -0.39 is 17.2 Å². The van der Waals surface area contributed by atoms with Gasteiger partial charge in [-0.2, -0.15) is 0 Å². The predicted octanol–water partition coefficient (Wildman–Crippen LogP) is 3.19. The van der Waals surface area contributed by atoms with Crippen molar-refractivity contribution in [1.82, 2.24) is 0 Å². The summed E-state index contributed by atoms with van der Waals surface area (Å²) in [5.74, 6) is -2.02. The van der Waals surface area contributed by atoms with Crippen LogP contribution in [0.15, 0.2) is 40.9 Å². The van der Waals surface area contributed by atoms with Gasteiger partial charge in [0.1, 0.15) is 5.75 Å². The number of carbonyl (C=O) groups is 1. The highest BCUT2D eigenvalue weighted by Gasteiger charge is 2.70. The molecule has 0 unspecified atom stereocenters. The molecule has 0 spiro atoms. The standard InChI is InChI=1S/C18H15BrO4/c1-9(2)10-3-6-13-15(7-10)23-18(22)14-8-11(19)4-5-12(14)16(20)17(13,18)21/h3-9,21-22H,1-2H3/t17-,18-/m0/s1. The molecule has 2 N–H and O–H groups in total. The van der Waals surface area contributed by atoms with E-state index in [1.54, 1.807) is 30.3 Å². The summed E-state index contributed by atoms with van der Waals surface area (Å²) >= 11 is 3.33. The first-order chi connectivity index (χ1) is 10.8. The van der Waals surface area contributed by atoms with Crippen LogP contribution in [0.4, 0.5) is 0 Å². The van der Waals surface area contributed by atoms with E-state index in [2.05, 4.69) is 15.9 Å². The van der Waals surface area contributed by atoms with E-state index in [-0.39, 0.29) is 17.0 Å². The van der Waals surface area contributed by atoms with Crippen molar-refractivity contribution < 1.29 is 19.7 Å². The SMILES string of the molecule is CC(C)c1ccc2c(c1)O[C@@]1(O)c3cc(Br)ccc3C(=O)[C@@]21O. The topological polar surface area (TPSA) is 66.8 Å². The number of aliphatic hydroxyl groups is 2. The van der Waals surface area contributed by atoms with Gasteiger partial charge < -0.3 is 14.9 Å². The maximum atomic E-state index is 12.8. The van der Waals surface area contributed by atoms with Crippen molar-refractivity contribution in [3.63, 3.8) is 0 Å². The molecule has 0 fully saturated rings. The van der Waals surface area contributed by atoms with E-state index in [0.29, 0.717) is 15.8 Å². The van der Waals surface area contributed by atoms with E-state index in [9.17, 15) is 15.0 Å². The molecule has 0 saturated heterocycles. The summed E-state index contributed by atoms with van der Waals surface area (Å²) in [5.41, 5.74) is -0.237. The van der Waals surface area contributed by atoms with E-state index in [4.69, 9.17) is 4.74 Å². The van der Waals surface area contributed by atoms with Crippen molar-refractivity contribution in [2.24, 2.45) is 0 Å². The van der Waals surface area contributed by atoms with Gasteiger partial charge in [0.15, 0.2) is 0 Å². The number of benzene rings is 2. The van der Waals surface area contributed by atoms with Crippen LogP contribution in [0.5, 0.6) is 5.75 Å². The largest absolute Gasteiger partial charge is 0.454 e. The summed E-state index contributed by atoms with van der Waals surface area (Å²) in [6.45, 7) is 4.08. The zero-order valence-corrected chi connectivity index (χ0v) is 14.2. The molecule has 23 heavy (non-hydrogen) atoms. The summed E-state index contributed by atoms with van der Waals surface area (Å²) in [4.78, 5) is 12.8. The second kappa shape index (κ2) is 4.44. The fourth-order valence-electron chi connectivity index (χ4n) is 3.41. The molecule has 1 heterocycles. The van der Waals surface area contributed by atoms with E-state index in [1.165, 1.54) is 0 Å². The molecule has 0 saturated carbocycles. The minimum Gasteiger partial charge on any atom is -0.454 e. The van der Waals surface area contributed by atoms with Crippen LogP contribution in [-0.2, 0) is 11.4 Å². The Kier molecular flexibility index (Phi) is 2.87. The third-order valence-electron chi connectivity index (χ3n) is 4.73. The normalized spacial score (nSPS) is 27.7. The molecule has 2 atom stereocenters. The van der Waals surface area contributed by atoms with Crippen LogP contribution in [0.2, 0.25) is 0 Å². The van der Waals surface area contributed by atoms with Gasteiger partial charge in [-0.3, -0.25) is 4.79 Å². The first-order valence-electron chi connectivity index (χ1n) is 7.42. The van der Waals surface area contributed by atoms with Gasteiger partial charge in [-0.1, -0.05) is 41.9 Å². The number of hydrogen-bond acceptors (Lipinski definition) is 4. The average Bonchev–Trinajstić information content (AvgIpc) is 2.83. The summed E-state index contributed by atoms with van der Waals surface area (Å²) in [5, 5.41) is 22.2. The molecular weight excluding hydrogens is 360 g/mol. The highest BCUT2D eigenvalue weighted by Crippen LogP contribution is 2.58. The first-order valence-corrected chi connectivity index (χ1v) is 8.21. The summed E-state index contributed by atoms with van der Waals surface area (Å²) in [7, 11) is 0. The summed E-state index contributed by atoms with van der Waals surface area (Å²) in [6.07, 6.45) is 0. The highest BCUT2D eigenvalue weighted by molar-refractivity contribution is 9.10. The van der Waals surface area contributed by atoms with Gasteiger partial charge in [0.2, 0.25) is 11.4 Å². The predicted molar refractivity (Wildman–Crippen MR) is 87.4 cm³/mol. The van der Waals surface area contributed by atoms with Gasteiger partial charge in [-0.15, -0.1) is 0 Å². The first kappa shape index (κ1) is 14.9. The Bertz CT molecular complexity index is 860. The van der Waals surface area contributed by atoms with Crippen molar-refractivity contribution in [2.45, 2.75) is 31.2 Å². The van der Waals surface area contributed by atoms with Crippen LogP contribution in [0.25, 0.3) is 0 Å². The zero-order valence-electron chi connectivity index (χ0n) is 12.6. The lowest BCUT2D eigenvalue weighted by Crippen LogP contribution is -2.48. The Morgan fingerprint density at radius 2 is 1.83 bits per heavy atom. The molecule has 2 aromatic rings. The Morgan fingerprint density at radius 3 is 2.52 bits per heavy atom. The van der Waals surface area contributed by atoms with Crippen LogP contribution in [-0.4, -0.2) is 16.0 Å².